The molecule has 0 bridgehead atoms. The van der Waals surface area contributed by atoms with E-state index in [1.807, 2.05) is 30.3 Å². The minimum Gasteiger partial charge on any atom is -0.386 e. The van der Waals surface area contributed by atoms with Gasteiger partial charge < -0.3 is 14.8 Å². The molecule has 0 spiro atoms. The molecular weight excluding hydrogens is 244 g/mol. The number of amides is 1. The summed E-state index contributed by atoms with van der Waals surface area (Å²) in [6.07, 6.45) is -0.0621. The van der Waals surface area contributed by atoms with Gasteiger partial charge in [-0.25, -0.2) is 0 Å². The van der Waals surface area contributed by atoms with E-state index in [1.54, 1.807) is 11.8 Å². The van der Waals surface area contributed by atoms with Crippen LogP contribution in [0, 0.1) is 0 Å². The molecule has 1 amide bonds. The lowest BCUT2D eigenvalue weighted by Gasteiger charge is -2.44. The van der Waals surface area contributed by atoms with Crippen LogP contribution in [-0.2, 0) is 9.63 Å². The lowest BCUT2D eigenvalue weighted by atomic mass is 9.95. The fourth-order valence-electron chi connectivity index (χ4n) is 2.45. The topological polar surface area (TPSA) is 62.1 Å². The molecule has 5 heteroatoms. The maximum atomic E-state index is 12.1. The zero-order valence-electron chi connectivity index (χ0n) is 10.7. The number of hydrogen-bond donors (Lipinski definition) is 1. The molecule has 100 valence electrons. The second-order valence-corrected chi connectivity index (χ2v) is 5.39. The summed E-state index contributed by atoms with van der Waals surface area (Å²) in [6, 6.07) is 9.69. The van der Waals surface area contributed by atoms with E-state index in [0.717, 1.165) is 11.3 Å². The van der Waals surface area contributed by atoms with E-state index in [-0.39, 0.29) is 5.91 Å². The molecule has 2 aliphatic heterocycles. The fourth-order valence-corrected chi connectivity index (χ4v) is 2.45. The molecule has 3 rings (SSSR count). The maximum Gasteiger partial charge on any atom is 0.267 e. The summed E-state index contributed by atoms with van der Waals surface area (Å²) < 4.78 is 0. The molecule has 0 aliphatic carbocycles. The van der Waals surface area contributed by atoms with Gasteiger partial charge >= 0.3 is 0 Å². The highest BCUT2D eigenvalue weighted by Gasteiger charge is 2.43. The van der Waals surface area contributed by atoms with Crippen molar-refractivity contribution in [2.75, 3.05) is 13.1 Å². The van der Waals surface area contributed by atoms with Crippen LogP contribution in [0.5, 0.6) is 0 Å². The smallest absolute Gasteiger partial charge is 0.267 e. The number of rotatable bonds is 2. The summed E-state index contributed by atoms with van der Waals surface area (Å²) in [5.41, 5.74) is 1.02. The van der Waals surface area contributed by atoms with Crippen molar-refractivity contribution in [2.24, 2.45) is 5.16 Å². The van der Waals surface area contributed by atoms with Crippen molar-refractivity contribution in [3.63, 3.8) is 0 Å². The summed E-state index contributed by atoms with van der Waals surface area (Å²) in [7, 11) is 0. The lowest BCUT2D eigenvalue weighted by Crippen LogP contribution is -2.63. The van der Waals surface area contributed by atoms with Crippen LogP contribution in [0.1, 0.15) is 18.9 Å². The van der Waals surface area contributed by atoms with Crippen molar-refractivity contribution >= 4 is 11.6 Å². The first-order valence-electron chi connectivity index (χ1n) is 6.34. The summed E-state index contributed by atoms with van der Waals surface area (Å²) in [5.74, 6) is -0.0961. The average molecular weight is 260 g/mol. The summed E-state index contributed by atoms with van der Waals surface area (Å²) in [5, 5.41) is 13.6. The Labute approximate surface area is 111 Å². The standard InChI is InChI=1S/C14H16N2O3/c1-14(18)8-16(9-14)13(17)12-7-11(15-19-12)10-5-3-2-4-6-10/h2-6,12,18H,7-9H2,1H3. The van der Waals surface area contributed by atoms with Crippen molar-refractivity contribution in [2.45, 2.75) is 25.0 Å². The van der Waals surface area contributed by atoms with Crippen molar-refractivity contribution in [3.8, 4) is 0 Å². The van der Waals surface area contributed by atoms with Gasteiger partial charge in [-0.15, -0.1) is 0 Å². The third-order valence-corrected chi connectivity index (χ3v) is 3.43. The van der Waals surface area contributed by atoms with Crippen LogP contribution in [0.4, 0.5) is 0 Å². The molecule has 1 aromatic carbocycles. The lowest BCUT2D eigenvalue weighted by molar-refractivity contribution is -0.162. The monoisotopic (exact) mass is 260 g/mol. The quantitative estimate of drug-likeness (QED) is 0.854. The van der Waals surface area contributed by atoms with E-state index in [1.165, 1.54) is 0 Å². The highest BCUT2D eigenvalue weighted by Crippen LogP contribution is 2.24. The Hall–Kier alpha value is -1.88. The first kappa shape index (κ1) is 12.2. The number of benzene rings is 1. The van der Waals surface area contributed by atoms with Crippen molar-refractivity contribution in [1.82, 2.24) is 4.90 Å². The number of hydrogen-bond acceptors (Lipinski definition) is 4. The van der Waals surface area contributed by atoms with Crippen LogP contribution in [0.2, 0.25) is 0 Å². The van der Waals surface area contributed by atoms with E-state index in [4.69, 9.17) is 4.84 Å². The Morgan fingerprint density at radius 1 is 1.42 bits per heavy atom. The van der Waals surface area contributed by atoms with Crippen LogP contribution < -0.4 is 0 Å². The average Bonchev–Trinajstić information content (AvgIpc) is 2.85. The van der Waals surface area contributed by atoms with E-state index in [0.29, 0.717) is 19.5 Å². The number of carbonyl (C=O) groups is 1. The first-order valence-corrected chi connectivity index (χ1v) is 6.34. The van der Waals surface area contributed by atoms with E-state index in [2.05, 4.69) is 5.16 Å². The highest BCUT2D eigenvalue weighted by atomic mass is 16.6. The molecule has 1 atom stereocenters. The second kappa shape index (κ2) is 4.35. The van der Waals surface area contributed by atoms with E-state index >= 15 is 0 Å². The van der Waals surface area contributed by atoms with Crippen LogP contribution in [0.3, 0.4) is 0 Å². The molecule has 19 heavy (non-hydrogen) atoms. The number of likely N-dealkylation sites (tertiary alicyclic amines) is 1. The van der Waals surface area contributed by atoms with E-state index in [9.17, 15) is 9.90 Å². The minimum atomic E-state index is -0.753. The van der Waals surface area contributed by atoms with Gasteiger partial charge in [0.25, 0.3) is 5.91 Å². The van der Waals surface area contributed by atoms with Gasteiger partial charge in [-0.05, 0) is 12.5 Å². The molecule has 1 saturated heterocycles. The van der Waals surface area contributed by atoms with Gasteiger partial charge in [0.15, 0.2) is 0 Å². The van der Waals surface area contributed by atoms with Crippen molar-refractivity contribution in [1.29, 1.82) is 0 Å². The van der Waals surface area contributed by atoms with Crippen molar-refractivity contribution < 1.29 is 14.7 Å². The van der Waals surface area contributed by atoms with Crippen LogP contribution >= 0.6 is 0 Å². The van der Waals surface area contributed by atoms with Gasteiger partial charge in [-0.3, -0.25) is 4.79 Å². The molecule has 2 heterocycles. The van der Waals surface area contributed by atoms with Gasteiger partial charge in [0, 0.05) is 6.42 Å². The predicted molar refractivity (Wildman–Crippen MR) is 69.7 cm³/mol. The third-order valence-electron chi connectivity index (χ3n) is 3.43. The third kappa shape index (κ3) is 2.33. The van der Waals surface area contributed by atoms with Crippen LogP contribution in [0.15, 0.2) is 35.5 Å². The molecule has 5 nitrogen and oxygen atoms in total. The molecule has 0 radical (unpaired) electrons. The van der Waals surface area contributed by atoms with Crippen LogP contribution in [0.25, 0.3) is 0 Å². The molecule has 1 N–H and O–H groups in total. The fraction of sp³-hybridized carbons (Fsp3) is 0.429. The minimum absolute atomic E-state index is 0.0961. The van der Waals surface area contributed by atoms with Crippen LogP contribution in [-0.4, -0.2) is 46.4 Å². The summed E-state index contributed by atoms with van der Waals surface area (Å²) in [6.45, 7) is 2.46. The summed E-state index contributed by atoms with van der Waals surface area (Å²) in [4.78, 5) is 18.9. The number of carbonyl (C=O) groups excluding carboxylic acids is 1. The number of oxime groups is 1. The second-order valence-electron chi connectivity index (χ2n) is 5.39. The van der Waals surface area contributed by atoms with Crippen molar-refractivity contribution in [3.05, 3.63) is 35.9 Å². The Bertz CT molecular complexity index is 517. The number of β-amino-alcohol motifs (C(OH)–C–C–N with tert-alkyl or cyclic N) is 1. The zero-order chi connectivity index (χ0) is 13.5. The predicted octanol–water partition coefficient (Wildman–Crippen LogP) is 0.773. The first-order chi connectivity index (χ1) is 9.05. The van der Waals surface area contributed by atoms with Gasteiger partial charge in [-0.1, -0.05) is 35.5 Å². The SMILES string of the molecule is CC1(O)CN(C(=O)C2CC(c3ccccc3)=NO2)C1. The Morgan fingerprint density at radius 3 is 2.74 bits per heavy atom. The van der Waals surface area contributed by atoms with Gasteiger partial charge in [0.05, 0.1) is 24.4 Å². The zero-order valence-corrected chi connectivity index (χ0v) is 10.7. The summed E-state index contributed by atoms with van der Waals surface area (Å²) >= 11 is 0. The Morgan fingerprint density at radius 2 is 2.11 bits per heavy atom. The van der Waals surface area contributed by atoms with Gasteiger partial charge in [0.1, 0.15) is 0 Å². The largest absolute Gasteiger partial charge is 0.386 e. The Kier molecular flexibility index (Phi) is 2.78. The maximum absolute atomic E-state index is 12.1. The van der Waals surface area contributed by atoms with Gasteiger partial charge in [-0.2, -0.15) is 0 Å². The molecular formula is C14H16N2O3. The number of nitrogens with zero attached hydrogens (tertiary/aromatic N) is 2. The van der Waals surface area contributed by atoms with Gasteiger partial charge in [0.2, 0.25) is 6.10 Å². The molecule has 0 aromatic heterocycles. The molecule has 0 saturated carbocycles. The molecule has 2 aliphatic rings. The highest BCUT2D eigenvalue weighted by molar-refractivity contribution is 6.04. The molecule has 1 unspecified atom stereocenters. The Balaban J connectivity index is 1.61. The normalized spacial score (nSPS) is 24.4. The number of aliphatic hydroxyl groups is 1. The molecule has 1 aromatic rings. The van der Waals surface area contributed by atoms with E-state index < -0.39 is 11.7 Å². The molecule has 1 fully saturated rings.